The molecule has 0 aliphatic heterocycles. The highest BCUT2D eigenvalue weighted by Gasteiger charge is 2.07. The minimum atomic E-state index is 0.272. The van der Waals surface area contributed by atoms with Crippen molar-refractivity contribution in [2.45, 2.75) is 98.8 Å². The summed E-state index contributed by atoms with van der Waals surface area (Å²) in [6.45, 7) is 10.4. The molecule has 0 saturated carbocycles. The minimum absolute atomic E-state index is 0.272. The van der Waals surface area contributed by atoms with Gasteiger partial charge in [0, 0.05) is 12.0 Å². The number of carbonyl (C=O) groups excluding carboxylic acids is 1. The van der Waals surface area contributed by atoms with E-state index in [-0.39, 0.29) is 5.78 Å². The molecular weight excluding hydrogens is 292 g/mol. The molecular formula is C23H40O. The fraction of sp³-hybridized carbons (Fsp3) is 0.696. The van der Waals surface area contributed by atoms with Gasteiger partial charge >= 0.3 is 0 Å². The Hall–Kier alpha value is -1.11. The highest BCUT2D eigenvalue weighted by Crippen LogP contribution is 2.14. The molecule has 138 valence electrons. The number of aryl methyl sites for hydroxylation is 1. The molecule has 0 aromatic heterocycles. The predicted octanol–water partition coefficient (Wildman–Crippen LogP) is 7.62. The van der Waals surface area contributed by atoms with Crippen molar-refractivity contribution >= 4 is 5.78 Å². The first kappa shape index (κ1) is 22.9. The van der Waals surface area contributed by atoms with Gasteiger partial charge in [-0.15, -0.1) is 0 Å². The number of hydrogen-bond acceptors (Lipinski definition) is 1. The number of ketones is 1. The second-order valence-electron chi connectivity index (χ2n) is 6.94. The molecule has 24 heavy (non-hydrogen) atoms. The van der Waals surface area contributed by atoms with Crippen molar-refractivity contribution in [1.29, 1.82) is 0 Å². The molecule has 1 nitrogen and oxygen atoms in total. The van der Waals surface area contributed by atoms with E-state index in [0.717, 1.165) is 12.0 Å². The van der Waals surface area contributed by atoms with E-state index in [2.05, 4.69) is 32.9 Å². The normalized spacial score (nSPS) is 10.4. The van der Waals surface area contributed by atoms with E-state index in [4.69, 9.17) is 0 Å². The fourth-order valence-corrected chi connectivity index (χ4v) is 2.81. The third kappa shape index (κ3) is 11.4. The zero-order chi connectivity index (χ0) is 18.2. The Morgan fingerprint density at radius 1 is 0.833 bits per heavy atom. The maximum Gasteiger partial charge on any atom is 0.163 e. The van der Waals surface area contributed by atoms with E-state index in [1.54, 1.807) is 0 Å². The number of rotatable bonds is 12. The summed E-state index contributed by atoms with van der Waals surface area (Å²) in [7, 11) is 0. The molecule has 0 spiro atoms. The van der Waals surface area contributed by atoms with Gasteiger partial charge in [-0.25, -0.2) is 0 Å². The Balaban J connectivity index is 0.00000254. The molecule has 0 atom stereocenters. The third-order valence-electron chi connectivity index (χ3n) is 4.19. The van der Waals surface area contributed by atoms with Crippen LogP contribution in [0.15, 0.2) is 24.3 Å². The van der Waals surface area contributed by atoms with Crippen molar-refractivity contribution in [3.8, 4) is 0 Å². The maximum atomic E-state index is 12.0. The summed E-state index contributed by atoms with van der Waals surface area (Å²) < 4.78 is 0. The van der Waals surface area contributed by atoms with Crippen molar-refractivity contribution in [1.82, 2.24) is 0 Å². The lowest BCUT2D eigenvalue weighted by atomic mass is 9.99. The number of unbranched alkanes of at least 4 members (excludes halogenated alkanes) is 7. The molecule has 0 amide bonds. The zero-order valence-corrected chi connectivity index (χ0v) is 16.9. The lowest BCUT2D eigenvalue weighted by molar-refractivity contribution is 0.0968. The van der Waals surface area contributed by atoms with Gasteiger partial charge in [0.15, 0.2) is 5.78 Å². The first-order valence-corrected chi connectivity index (χ1v) is 10.3. The second kappa shape index (κ2) is 15.4. The lowest BCUT2D eigenvalue weighted by Gasteiger charge is -2.06. The molecule has 0 heterocycles. The van der Waals surface area contributed by atoms with Crippen LogP contribution in [0.5, 0.6) is 0 Å². The molecule has 0 fully saturated rings. The van der Waals surface area contributed by atoms with Crippen LogP contribution < -0.4 is 0 Å². The predicted molar refractivity (Wildman–Crippen MR) is 108 cm³/mol. The molecule has 0 saturated heterocycles. The number of benzene rings is 1. The summed E-state index contributed by atoms with van der Waals surface area (Å²) in [5.41, 5.74) is 2.24. The van der Waals surface area contributed by atoms with Crippen LogP contribution in [0.25, 0.3) is 0 Å². The molecule has 1 aromatic carbocycles. The van der Waals surface area contributed by atoms with Crippen LogP contribution in [0.1, 0.15) is 108 Å². The molecule has 0 bridgehead atoms. The number of Topliss-reactive ketones (excluding diaryl/α,β-unsaturated/α-hetero) is 1. The molecule has 0 N–H and O–H groups in total. The Labute approximate surface area is 151 Å². The Kier molecular flexibility index (Phi) is 14.7. The van der Waals surface area contributed by atoms with E-state index in [0.29, 0.717) is 12.3 Å². The monoisotopic (exact) mass is 332 g/mol. The zero-order valence-electron chi connectivity index (χ0n) is 16.9. The van der Waals surface area contributed by atoms with E-state index < -0.39 is 0 Å². The van der Waals surface area contributed by atoms with Gasteiger partial charge in [0.1, 0.15) is 0 Å². The standard InChI is InChI=1S/C21H34O.C2H6/c1-4-5-6-7-8-9-10-11-12-19-13-15-20(16-14-19)21(22)17-18(2)3;1-2/h13-16,18H,4-12,17H2,1-3H3;1-2H3. The molecule has 1 aromatic rings. The molecule has 1 rings (SSSR count). The minimum Gasteiger partial charge on any atom is -0.294 e. The van der Waals surface area contributed by atoms with Gasteiger partial charge in [0.05, 0.1) is 0 Å². The largest absolute Gasteiger partial charge is 0.294 e. The Bertz CT molecular complexity index is 403. The van der Waals surface area contributed by atoms with Gasteiger partial charge in [0.25, 0.3) is 0 Å². The van der Waals surface area contributed by atoms with Crippen molar-refractivity contribution < 1.29 is 4.79 Å². The topological polar surface area (TPSA) is 17.1 Å². The molecule has 0 aliphatic carbocycles. The van der Waals surface area contributed by atoms with Gasteiger partial charge in [-0.1, -0.05) is 104 Å². The third-order valence-corrected chi connectivity index (χ3v) is 4.19. The van der Waals surface area contributed by atoms with Crippen LogP contribution in [0, 0.1) is 5.92 Å². The lowest BCUT2D eigenvalue weighted by Crippen LogP contribution is -2.03. The second-order valence-corrected chi connectivity index (χ2v) is 6.94. The van der Waals surface area contributed by atoms with Gasteiger partial charge < -0.3 is 0 Å². The van der Waals surface area contributed by atoms with Crippen LogP contribution in [0.2, 0.25) is 0 Å². The van der Waals surface area contributed by atoms with E-state index in [1.807, 2.05) is 26.0 Å². The summed E-state index contributed by atoms with van der Waals surface area (Å²) >= 11 is 0. The molecule has 0 aliphatic rings. The summed E-state index contributed by atoms with van der Waals surface area (Å²) in [4.78, 5) is 12.0. The summed E-state index contributed by atoms with van der Waals surface area (Å²) in [5.74, 6) is 0.707. The fourth-order valence-electron chi connectivity index (χ4n) is 2.81. The summed E-state index contributed by atoms with van der Waals surface area (Å²) in [5, 5.41) is 0. The van der Waals surface area contributed by atoms with Crippen molar-refractivity contribution in [2.24, 2.45) is 5.92 Å². The summed E-state index contributed by atoms with van der Waals surface area (Å²) in [6, 6.07) is 8.28. The molecule has 1 heteroatoms. The van der Waals surface area contributed by atoms with E-state index in [9.17, 15) is 4.79 Å². The van der Waals surface area contributed by atoms with Gasteiger partial charge in [-0.3, -0.25) is 4.79 Å². The van der Waals surface area contributed by atoms with E-state index in [1.165, 1.54) is 56.9 Å². The first-order chi connectivity index (χ1) is 11.6. The summed E-state index contributed by atoms with van der Waals surface area (Å²) in [6.07, 6.45) is 12.7. The molecule has 0 radical (unpaired) electrons. The van der Waals surface area contributed by atoms with Crippen LogP contribution in [0.3, 0.4) is 0 Å². The Morgan fingerprint density at radius 2 is 1.33 bits per heavy atom. The quantitative estimate of drug-likeness (QED) is 0.284. The van der Waals surface area contributed by atoms with Gasteiger partial charge in [0.2, 0.25) is 0 Å². The number of carbonyl (C=O) groups is 1. The van der Waals surface area contributed by atoms with Crippen molar-refractivity contribution in [2.75, 3.05) is 0 Å². The first-order valence-electron chi connectivity index (χ1n) is 10.3. The maximum absolute atomic E-state index is 12.0. The smallest absolute Gasteiger partial charge is 0.163 e. The SMILES string of the molecule is CC.CCCCCCCCCCc1ccc(C(=O)CC(C)C)cc1. The van der Waals surface area contributed by atoms with Crippen LogP contribution in [-0.4, -0.2) is 5.78 Å². The highest BCUT2D eigenvalue weighted by atomic mass is 16.1. The van der Waals surface area contributed by atoms with Crippen LogP contribution in [-0.2, 0) is 6.42 Å². The van der Waals surface area contributed by atoms with Crippen LogP contribution in [0.4, 0.5) is 0 Å². The van der Waals surface area contributed by atoms with E-state index >= 15 is 0 Å². The van der Waals surface area contributed by atoms with Gasteiger partial charge in [-0.2, -0.15) is 0 Å². The Morgan fingerprint density at radius 3 is 1.83 bits per heavy atom. The number of hydrogen-bond donors (Lipinski definition) is 0. The highest BCUT2D eigenvalue weighted by molar-refractivity contribution is 5.96. The van der Waals surface area contributed by atoms with Gasteiger partial charge in [-0.05, 0) is 24.3 Å². The van der Waals surface area contributed by atoms with Crippen molar-refractivity contribution in [3.05, 3.63) is 35.4 Å². The molecule has 0 unspecified atom stereocenters. The average Bonchev–Trinajstić information content (AvgIpc) is 2.59. The average molecular weight is 333 g/mol. The van der Waals surface area contributed by atoms with Crippen LogP contribution >= 0.6 is 0 Å². The van der Waals surface area contributed by atoms with Crippen molar-refractivity contribution in [3.63, 3.8) is 0 Å².